The Hall–Kier alpha value is -1.65. The summed E-state index contributed by atoms with van der Waals surface area (Å²) >= 11 is 0. The van der Waals surface area contributed by atoms with E-state index in [4.69, 9.17) is 0 Å². The molecule has 26 heavy (non-hydrogen) atoms. The predicted molar refractivity (Wildman–Crippen MR) is 116 cm³/mol. The van der Waals surface area contributed by atoms with Gasteiger partial charge in [-0.3, -0.25) is 4.99 Å². The minimum Gasteiger partial charge on any atom is -0.352 e. The number of aliphatic imine (C=N–C) groups is 1. The van der Waals surface area contributed by atoms with E-state index in [2.05, 4.69) is 51.5 Å². The Kier molecular flexibility index (Phi) is 9.03. The molecule has 0 amide bonds. The van der Waals surface area contributed by atoms with Crippen LogP contribution in [0.25, 0.3) is 0 Å². The van der Waals surface area contributed by atoms with Gasteiger partial charge in [-0.2, -0.15) is 0 Å². The molecule has 0 saturated carbocycles. The summed E-state index contributed by atoms with van der Waals surface area (Å²) in [5, 5.41) is 6.47. The SMILES string of the molecule is CN=C(NCc1ccc(C)cc1)NCc1ccc(S(=O)(=O)NC)cc1.I. The van der Waals surface area contributed by atoms with Crippen LogP contribution >= 0.6 is 24.0 Å². The van der Waals surface area contributed by atoms with Crippen molar-refractivity contribution >= 4 is 40.0 Å². The fourth-order valence-corrected chi connectivity index (χ4v) is 2.93. The standard InChI is InChI=1S/C18H24N4O2S.HI/c1-14-4-6-15(7-5-14)12-21-18(19-2)22-13-16-8-10-17(11-9-16)25(23,24)20-3;/h4-11,20H,12-13H2,1-3H3,(H2,19,21,22);1H. The number of halogens is 1. The van der Waals surface area contributed by atoms with Crippen LogP contribution in [-0.2, 0) is 23.1 Å². The van der Waals surface area contributed by atoms with Crippen LogP contribution in [0.2, 0.25) is 0 Å². The minimum absolute atomic E-state index is 0. The molecule has 2 aromatic rings. The maximum absolute atomic E-state index is 11.7. The maximum Gasteiger partial charge on any atom is 0.240 e. The Bertz CT molecular complexity index is 819. The van der Waals surface area contributed by atoms with Gasteiger partial charge in [0.25, 0.3) is 0 Å². The fourth-order valence-electron chi connectivity index (χ4n) is 2.20. The number of guanidine groups is 1. The molecule has 142 valence electrons. The molecule has 0 spiro atoms. The van der Waals surface area contributed by atoms with E-state index in [9.17, 15) is 8.42 Å². The van der Waals surface area contributed by atoms with Gasteiger partial charge in [-0.05, 0) is 37.2 Å². The van der Waals surface area contributed by atoms with Gasteiger partial charge < -0.3 is 10.6 Å². The van der Waals surface area contributed by atoms with Crippen LogP contribution in [0.5, 0.6) is 0 Å². The number of hydrogen-bond donors (Lipinski definition) is 3. The van der Waals surface area contributed by atoms with E-state index in [1.165, 1.54) is 18.2 Å². The lowest BCUT2D eigenvalue weighted by Gasteiger charge is -2.12. The highest BCUT2D eigenvalue weighted by molar-refractivity contribution is 14.0. The number of rotatable bonds is 6. The van der Waals surface area contributed by atoms with Crippen molar-refractivity contribution in [3.63, 3.8) is 0 Å². The zero-order chi connectivity index (χ0) is 18.3. The number of nitrogens with one attached hydrogen (secondary N) is 3. The molecular weight excluding hydrogens is 463 g/mol. The molecular formula is C18H25IN4O2S. The van der Waals surface area contributed by atoms with Crippen molar-refractivity contribution in [2.75, 3.05) is 14.1 Å². The van der Waals surface area contributed by atoms with Crippen LogP contribution < -0.4 is 15.4 Å². The highest BCUT2D eigenvalue weighted by Gasteiger charge is 2.10. The molecule has 0 aliphatic heterocycles. The third-order valence-corrected chi connectivity index (χ3v) is 5.20. The number of sulfonamides is 1. The van der Waals surface area contributed by atoms with E-state index in [0.717, 1.165) is 5.56 Å². The van der Waals surface area contributed by atoms with Gasteiger partial charge in [-0.15, -0.1) is 24.0 Å². The zero-order valence-corrected chi connectivity index (χ0v) is 18.3. The van der Waals surface area contributed by atoms with E-state index < -0.39 is 10.0 Å². The van der Waals surface area contributed by atoms with Gasteiger partial charge in [0.05, 0.1) is 4.90 Å². The van der Waals surface area contributed by atoms with Crippen LogP contribution in [0.15, 0.2) is 58.4 Å². The molecule has 0 aliphatic carbocycles. The van der Waals surface area contributed by atoms with Crippen molar-refractivity contribution in [1.82, 2.24) is 15.4 Å². The summed E-state index contributed by atoms with van der Waals surface area (Å²) in [6, 6.07) is 15.1. The summed E-state index contributed by atoms with van der Waals surface area (Å²) in [6.07, 6.45) is 0. The number of aryl methyl sites for hydroxylation is 1. The molecule has 0 atom stereocenters. The molecule has 0 unspecified atom stereocenters. The Morgan fingerprint density at radius 2 is 1.38 bits per heavy atom. The van der Waals surface area contributed by atoms with E-state index >= 15 is 0 Å². The molecule has 0 bridgehead atoms. The van der Waals surface area contributed by atoms with Gasteiger partial charge in [0.2, 0.25) is 10.0 Å². The molecule has 8 heteroatoms. The summed E-state index contributed by atoms with van der Waals surface area (Å²) in [4.78, 5) is 4.44. The van der Waals surface area contributed by atoms with Crippen LogP contribution in [0, 0.1) is 6.92 Å². The average molecular weight is 488 g/mol. The van der Waals surface area contributed by atoms with Crippen LogP contribution in [-0.4, -0.2) is 28.5 Å². The van der Waals surface area contributed by atoms with Gasteiger partial charge in [0, 0.05) is 20.1 Å². The summed E-state index contributed by atoms with van der Waals surface area (Å²) in [6.45, 7) is 3.29. The molecule has 3 N–H and O–H groups in total. The quantitative estimate of drug-likeness (QED) is 0.332. The topological polar surface area (TPSA) is 82.6 Å². The number of benzene rings is 2. The lowest BCUT2D eigenvalue weighted by molar-refractivity contribution is 0.588. The van der Waals surface area contributed by atoms with E-state index in [0.29, 0.717) is 19.0 Å². The third kappa shape index (κ3) is 6.58. The van der Waals surface area contributed by atoms with Gasteiger partial charge in [-0.1, -0.05) is 42.0 Å². The summed E-state index contributed by atoms with van der Waals surface area (Å²) < 4.78 is 25.7. The fraction of sp³-hybridized carbons (Fsp3) is 0.278. The molecule has 0 fully saturated rings. The monoisotopic (exact) mass is 488 g/mol. The van der Waals surface area contributed by atoms with Crippen molar-refractivity contribution < 1.29 is 8.42 Å². The summed E-state index contributed by atoms with van der Waals surface area (Å²) in [7, 11) is -0.287. The van der Waals surface area contributed by atoms with E-state index in [-0.39, 0.29) is 28.9 Å². The van der Waals surface area contributed by atoms with Crippen molar-refractivity contribution in [3.05, 3.63) is 65.2 Å². The zero-order valence-electron chi connectivity index (χ0n) is 15.1. The normalized spacial score (nSPS) is 11.6. The van der Waals surface area contributed by atoms with Gasteiger partial charge >= 0.3 is 0 Å². The van der Waals surface area contributed by atoms with Crippen LogP contribution in [0.3, 0.4) is 0 Å². The molecule has 6 nitrogen and oxygen atoms in total. The highest BCUT2D eigenvalue weighted by Crippen LogP contribution is 2.10. The first kappa shape index (κ1) is 22.4. The predicted octanol–water partition coefficient (Wildman–Crippen LogP) is 2.39. The molecule has 0 radical (unpaired) electrons. The lowest BCUT2D eigenvalue weighted by atomic mass is 10.1. The maximum atomic E-state index is 11.7. The molecule has 0 aliphatic rings. The van der Waals surface area contributed by atoms with E-state index in [1.54, 1.807) is 31.3 Å². The highest BCUT2D eigenvalue weighted by atomic mass is 127. The molecule has 0 aromatic heterocycles. The number of nitrogens with zero attached hydrogens (tertiary/aromatic N) is 1. The first-order chi connectivity index (χ1) is 11.9. The Morgan fingerprint density at radius 1 is 0.923 bits per heavy atom. The smallest absolute Gasteiger partial charge is 0.240 e. The second kappa shape index (κ2) is 10.5. The first-order valence-electron chi connectivity index (χ1n) is 7.97. The van der Waals surface area contributed by atoms with Crippen molar-refractivity contribution in [3.8, 4) is 0 Å². The molecule has 0 heterocycles. The third-order valence-electron chi connectivity index (χ3n) is 3.77. The van der Waals surface area contributed by atoms with Gasteiger partial charge in [0.15, 0.2) is 5.96 Å². The molecule has 0 saturated heterocycles. The molecule has 2 aromatic carbocycles. The Labute approximate surface area is 172 Å². The van der Waals surface area contributed by atoms with Crippen molar-refractivity contribution in [1.29, 1.82) is 0 Å². The second-order valence-electron chi connectivity index (χ2n) is 5.62. The largest absolute Gasteiger partial charge is 0.352 e. The summed E-state index contributed by atoms with van der Waals surface area (Å²) in [5.41, 5.74) is 3.37. The van der Waals surface area contributed by atoms with Crippen molar-refractivity contribution in [2.45, 2.75) is 24.9 Å². The Balaban J connectivity index is 0.00000338. The van der Waals surface area contributed by atoms with Gasteiger partial charge in [0.1, 0.15) is 0 Å². The van der Waals surface area contributed by atoms with E-state index in [1.807, 2.05) is 0 Å². The lowest BCUT2D eigenvalue weighted by Crippen LogP contribution is -2.36. The Morgan fingerprint density at radius 3 is 1.81 bits per heavy atom. The minimum atomic E-state index is -3.40. The second-order valence-corrected chi connectivity index (χ2v) is 7.50. The van der Waals surface area contributed by atoms with Crippen LogP contribution in [0.4, 0.5) is 0 Å². The first-order valence-corrected chi connectivity index (χ1v) is 9.45. The van der Waals surface area contributed by atoms with Crippen LogP contribution in [0.1, 0.15) is 16.7 Å². The molecule has 2 rings (SSSR count). The van der Waals surface area contributed by atoms with Gasteiger partial charge in [-0.25, -0.2) is 13.1 Å². The average Bonchev–Trinajstić information content (AvgIpc) is 2.63. The number of hydrogen-bond acceptors (Lipinski definition) is 3. The summed E-state index contributed by atoms with van der Waals surface area (Å²) in [5.74, 6) is 0.687. The van der Waals surface area contributed by atoms with Crippen molar-refractivity contribution in [2.24, 2.45) is 4.99 Å².